The summed E-state index contributed by atoms with van der Waals surface area (Å²) in [6.07, 6.45) is 6.94. The van der Waals surface area contributed by atoms with Crippen LogP contribution in [0.5, 0.6) is 5.88 Å². The minimum absolute atomic E-state index is 0.344. The van der Waals surface area contributed by atoms with Gasteiger partial charge >= 0.3 is 0 Å². The molecule has 2 N–H and O–H groups in total. The fourth-order valence-corrected chi connectivity index (χ4v) is 2.16. The summed E-state index contributed by atoms with van der Waals surface area (Å²) in [6.45, 7) is 2.85. The Morgan fingerprint density at radius 3 is 2.81 bits per heavy atom. The van der Waals surface area contributed by atoms with Crippen LogP contribution in [-0.2, 0) is 6.54 Å². The zero-order valence-corrected chi connectivity index (χ0v) is 9.86. The van der Waals surface area contributed by atoms with E-state index in [1.54, 1.807) is 6.20 Å². The molecular formula is C13H20N2O. The highest BCUT2D eigenvalue weighted by atomic mass is 16.5. The first-order chi connectivity index (χ1) is 7.78. The zero-order chi connectivity index (χ0) is 11.4. The Bertz CT molecular complexity index is 332. The van der Waals surface area contributed by atoms with E-state index < -0.39 is 0 Å². The fraction of sp³-hybridized carbons (Fsp3) is 0.615. The van der Waals surface area contributed by atoms with E-state index in [0.717, 1.165) is 30.2 Å². The molecule has 0 aliphatic heterocycles. The topological polar surface area (TPSA) is 48.1 Å². The normalized spacial score (nSPS) is 25.4. The van der Waals surface area contributed by atoms with E-state index >= 15 is 0 Å². The Hall–Kier alpha value is -1.09. The molecule has 2 rings (SSSR count). The molecule has 88 valence electrons. The SMILES string of the molecule is CC1CCC(Oc2cc(CN)ccn2)CC1. The molecule has 0 bridgehead atoms. The van der Waals surface area contributed by atoms with E-state index in [2.05, 4.69) is 11.9 Å². The second-order valence-corrected chi connectivity index (χ2v) is 4.71. The fourth-order valence-electron chi connectivity index (χ4n) is 2.16. The summed E-state index contributed by atoms with van der Waals surface area (Å²) < 4.78 is 5.88. The summed E-state index contributed by atoms with van der Waals surface area (Å²) in [7, 11) is 0. The van der Waals surface area contributed by atoms with E-state index in [9.17, 15) is 0 Å². The molecule has 0 spiro atoms. The van der Waals surface area contributed by atoms with Gasteiger partial charge in [-0.05, 0) is 43.2 Å². The van der Waals surface area contributed by atoms with Gasteiger partial charge in [0, 0.05) is 18.8 Å². The molecule has 1 aromatic rings. The third-order valence-corrected chi connectivity index (χ3v) is 3.29. The average Bonchev–Trinajstić information content (AvgIpc) is 2.32. The van der Waals surface area contributed by atoms with Crippen molar-refractivity contribution in [1.82, 2.24) is 4.98 Å². The Kier molecular flexibility index (Phi) is 3.78. The molecular weight excluding hydrogens is 200 g/mol. The van der Waals surface area contributed by atoms with Crippen LogP contribution in [0.3, 0.4) is 0 Å². The lowest BCUT2D eigenvalue weighted by molar-refractivity contribution is 0.130. The van der Waals surface area contributed by atoms with Crippen LogP contribution in [0, 0.1) is 5.92 Å². The highest BCUT2D eigenvalue weighted by Crippen LogP contribution is 2.26. The smallest absolute Gasteiger partial charge is 0.213 e. The van der Waals surface area contributed by atoms with Gasteiger partial charge in [0.25, 0.3) is 0 Å². The van der Waals surface area contributed by atoms with Gasteiger partial charge in [0.05, 0.1) is 0 Å². The molecule has 0 radical (unpaired) electrons. The molecule has 16 heavy (non-hydrogen) atoms. The molecule has 3 nitrogen and oxygen atoms in total. The molecule has 3 heteroatoms. The van der Waals surface area contributed by atoms with Crippen LogP contribution in [0.4, 0.5) is 0 Å². The largest absolute Gasteiger partial charge is 0.474 e. The van der Waals surface area contributed by atoms with Gasteiger partial charge in [0.2, 0.25) is 5.88 Å². The van der Waals surface area contributed by atoms with Crippen LogP contribution >= 0.6 is 0 Å². The van der Waals surface area contributed by atoms with Crippen molar-refractivity contribution in [1.29, 1.82) is 0 Å². The van der Waals surface area contributed by atoms with Crippen molar-refractivity contribution >= 4 is 0 Å². The zero-order valence-electron chi connectivity index (χ0n) is 9.86. The van der Waals surface area contributed by atoms with Gasteiger partial charge in [-0.15, -0.1) is 0 Å². The molecule has 0 saturated heterocycles. The summed E-state index contributed by atoms with van der Waals surface area (Å²) in [5.41, 5.74) is 6.66. The second-order valence-electron chi connectivity index (χ2n) is 4.71. The Balaban J connectivity index is 1.93. The molecule has 0 amide bonds. The van der Waals surface area contributed by atoms with Gasteiger partial charge in [-0.2, -0.15) is 0 Å². The Labute approximate surface area is 97.0 Å². The van der Waals surface area contributed by atoms with Crippen molar-refractivity contribution in [2.45, 2.75) is 45.3 Å². The van der Waals surface area contributed by atoms with Crippen molar-refractivity contribution in [3.8, 4) is 5.88 Å². The van der Waals surface area contributed by atoms with Crippen molar-refractivity contribution in [3.63, 3.8) is 0 Å². The van der Waals surface area contributed by atoms with Crippen LogP contribution in [0.2, 0.25) is 0 Å². The Morgan fingerprint density at radius 2 is 2.12 bits per heavy atom. The summed E-state index contributed by atoms with van der Waals surface area (Å²) in [4.78, 5) is 4.22. The van der Waals surface area contributed by atoms with Gasteiger partial charge in [-0.3, -0.25) is 0 Å². The van der Waals surface area contributed by atoms with E-state index in [4.69, 9.17) is 10.5 Å². The summed E-state index contributed by atoms with van der Waals surface area (Å²) in [5, 5.41) is 0. The third kappa shape index (κ3) is 2.95. The number of pyridine rings is 1. The van der Waals surface area contributed by atoms with E-state index in [1.807, 2.05) is 12.1 Å². The number of nitrogens with zero attached hydrogens (tertiary/aromatic N) is 1. The summed E-state index contributed by atoms with van der Waals surface area (Å²) >= 11 is 0. The maximum atomic E-state index is 5.88. The van der Waals surface area contributed by atoms with Crippen LogP contribution in [-0.4, -0.2) is 11.1 Å². The lowest BCUT2D eigenvalue weighted by atomic mass is 9.89. The third-order valence-electron chi connectivity index (χ3n) is 3.29. The standard InChI is InChI=1S/C13H20N2O/c1-10-2-4-12(5-3-10)16-13-8-11(9-14)6-7-15-13/h6-8,10,12H,2-5,9,14H2,1H3. The van der Waals surface area contributed by atoms with Crippen LogP contribution in [0.25, 0.3) is 0 Å². The first kappa shape index (κ1) is 11.4. The number of aromatic nitrogens is 1. The highest BCUT2D eigenvalue weighted by Gasteiger charge is 2.19. The average molecular weight is 220 g/mol. The van der Waals surface area contributed by atoms with Gasteiger partial charge in [0.15, 0.2) is 0 Å². The van der Waals surface area contributed by atoms with E-state index in [0.29, 0.717) is 12.6 Å². The van der Waals surface area contributed by atoms with Crippen molar-refractivity contribution in [2.24, 2.45) is 11.7 Å². The molecule has 1 aromatic heterocycles. The number of hydrogen-bond donors (Lipinski definition) is 1. The molecule has 1 saturated carbocycles. The van der Waals surface area contributed by atoms with Crippen LogP contribution in [0.1, 0.15) is 38.2 Å². The maximum Gasteiger partial charge on any atom is 0.213 e. The monoisotopic (exact) mass is 220 g/mol. The van der Waals surface area contributed by atoms with Gasteiger partial charge in [-0.25, -0.2) is 4.98 Å². The molecule has 0 unspecified atom stereocenters. The number of hydrogen-bond acceptors (Lipinski definition) is 3. The van der Waals surface area contributed by atoms with Crippen molar-refractivity contribution in [3.05, 3.63) is 23.9 Å². The molecule has 1 fully saturated rings. The van der Waals surface area contributed by atoms with Gasteiger partial charge < -0.3 is 10.5 Å². The first-order valence-corrected chi connectivity index (χ1v) is 6.09. The second kappa shape index (κ2) is 5.30. The lowest BCUT2D eigenvalue weighted by Gasteiger charge is -2.26. The van der Waals surface area contributed by atoms with E-state index in [-0.39, 0.29) is 0 Å². The maximum absolute atomic E-state index is 5.88. The first-order valence-electron chi connectivity index (χ1n) is 6.09. The molecule has 0 aromatic carbocycles. The predicted octanol–water partition coefficient (Wildman–Crippen LogP) is 2.50. The Morgan fingerprint density at radius 1 is 1.38 bits per heavy atom. The molecule has 1 heterocycles. The predicted molar refractivity (Wildman–Crippen MR) is 64.2 cm³/mol. The van der Waals surface area contributed by atoms with Gasteiger partial charge in [0.1, 0.15) is 6.10 Å². The lowest BCUT2D eigenvalue weighted by Crippen LogP contribution is -2.23. The van der Waals surface area contributed by atoms with Crippen molar-refractivity contribution < 1.29 is 4.74 Å². The minimum atomic E-state index is 0.344. The number of ether oxygens (including phenoxy) is 1. The molecule has 1 aliphatic rings. The highest BCUT2D eigenvalue weighted by molar-refractivity contribution is 5.20. The van der Waals surface area contributed by atoms with Gasteiger partial charge in [-0.1, -0.05) is 6.92 Å². The summed E-state index contributed by atoms with van der Waals surface area (Å²) in [6, 6.07) is 3.87. The number of nitrogens with two attached hydrogens (primary N) is 1. The molecule has 1 aliphatic carbocycles. The summed E-state index contributed by atoms with van der Waals surface area (Å²) in [5.74, 6) is 1.57. The van der Waals surface area contributed by atoms with Crippen LogP contribution in [0.15, 0.2) is 18.3 Å². The van der Waals surface area contributed by atoms with Crippen molar-refractivity contribution in [2.75, 3.05) is 0 Å². The number of rotatable bonds is 3. The quantitative estimate of drug-likeness (QED) is 0.851. The van der Waals surface area contributed by atoms with Crippen LogP contribution < -0.4 is 10.5 Å². The molecule has 0 atom stereocenters. The minimum Gasteiger partial charge on any atom is -0.474 e. The van der Waals surface area contributed by atoms with E-state index in [1.165, 1.54) is 12.8 Å².